The minimum atomic E-state index is -3.95. The van der Waals surface area contributed by atoms with Crippen LogP contribution in [0.4, 0.5) is 0 Å². The van der Waals surface area contributed by atoms with Crippen molar-refractivity contribution < 1.29 is 27.8 Å². The zero-order valence-corrected chi connectivity index (χ0v) is 17.3. The van der Waals surface area contributed by atoms with Crippen LogP contribution in [0.3, 0.4) is 0 Å². The van der Waals surface area contributed by atoms with Gasteiger partial charge in [0.1, 0.15) is 11.8 Å². The van der Waals surface area contributed by atoms with E-state index in [1.807, 2.05) is 24.3 Å². The third-order valence-electron chi connectivity index (χ3n) is 5.31. The van der Waals surface area contributed by atoms with Gasteiger partial charge in [0.2, 0.25) is 10.0 Å². The van der Waals surface area contributed by atoms with Crippen LogP contribution >= 0.6 is 0 Å². The molecular formula is C21H25NO6S. The fraction of sp³-hybridized carbons (Fsp3) is 0.381. The van der Waals surface area contributed by atoms with Crippen molar-refractivity contribution in [1.29, 1.82) is 0 Å². The molecule has 0 amide bonds. The first-order valence-electron chi connectivity index (χ1n) is 9.37. The minimum absolute atomic E-state index is 0.0653. The van der Waals surface area contributed by atoms with E-state index in [0.717, 1.165) is 21.2 Å². The van der Waals surface area contributed by atoms with Crippen LogP contribution in [0.15, 0.2) is 53.4 Å². The quantitative estimate of drug-likeness (QED) is 0.742. The molecule has 1 aliphatic heterocycles. The number of ether oxygens (including phenoxy) is 2. The van der Waals surface area contributed by atoms with Gasteiger partial charge in [0, 0.05) is 20.3 Å². The summed E-state index contributed by atoms with van der Waals surface area (Å²) in [5, 5.41) is 9.68. The zero-order chi connectivity index (χ0) is 21.0. The van der Waals surface area contributed by atoms with Crippen molar-refractivity contribution in [2.45, 2.75) is 23.8 Å². The Morgan fingerprint density at radius 2 is 1.59 bits per heavy atom. The second-order valence-electron chi connectivity index (χ2n) is 7.01. The number of hydrogen-bond acceptors (Lipinski definition) is 5. The predicted octanol–water partition coefficient (Wildman–Crippen LogP) is 2.86. The van der Waals surface area contributed by atoms with Crippen molar-refractivity contribution >= 4 is 16.0 Å². The van der Waals surface area contributed by atoms with Gasteiger partial charge in [0.15, 0.2) is 0 Å². The maximum Gasteiger partial charge on any atom is 0.322 e. The van der Waals surface area contributed by atoms with E-state index in [1.165, 1.54) is 19.2 Å². The molecule has 0 aromatic heterocycles. The number of rotatable bonds is 7. The lowest BCUT2D eigenvalue weighted by molar-refractivity contribution is -0.144. The smallest absolute Gasteiger partial charge is 0.322 e. The molecule has 1 aliphatic rings. The van der Waals surface area contributed by atoms with Crippen molar-refractivity contribution in [3.05, 3.63) is 48.5 Å². The Morgan fingerprint density at radius 3 is 2.07 bits per heavy atom. The molecule has 1 atom stereocenters. The van der Waals surface area contributed by atoms with Crippen LogP contribution in [-0.2, 0) is 19.6 Å². The second-order valence-corrected chi connectivity index (χ2v) is 9.00. The van der Waals surface area contributed by atoms with Crippen LogP contribution in [-0.4, -0.2) is 57.2 Å². The first-order valence-corrected chi connectivity index (χ1v) is 10.8. The van der Waals surface area contributed by atoms with Gasteiger partial charge >= 0.3 is 5.97 Å². The Bertz CT molecular complexity index is 934. The van der Waals surface area contributed by atoms with Crippen molar-refractivity contribution in [1.82, 2.24) is 4.31 Å². The molecule has 1 N–H and O–H groups in total. The summed E-state index contributed by atoms with van der Waals surface area (Å²) in [5.74, 6) is -0.681. The molecule has 0 radical (unpaired) electrons. The molecule has 1 fully saturated rings. The van der Waals surface area contributed by atoms with Crippen LogP contribution in [0.5, 0.6) is 5.75 Å². The van der Waals surface area contributed by atoms with Gasteiger partial charge in [-0.25, -0.2) is 8.42 Å². The lowest BCUT2D eigenvalue weighted by Crippen LogP contribution is -2.48. The summed E-state index contributed by atoms with van der Waals surface area (Å²) in [7, 11) is -1.02. The van der Waals surface area contributed by atoms with Crippen LogP contribution in [0.2, 0.25) is 0 Å². The molecule has 1 heterocycles. The monoisotopic (exact) mass is 419 g/mol. The van der Waals surface area contributed by atoms with E-state index in [-0.39, 0.29) is 10.8 Å². The summed E-state index contributed by atoms with van der Waals surface area (Å²) in [6.45, 7) is 0.887. The van der Waals surface area contributed by atoms with E-state index >= 15 is 0 Å². The summed E-state index contributed by atoms with van der Waals surface area (Å²) in [6, 6.07) is 12.8. The molecule has 156 valence electrons. The largest absolute Gasteiger partial charge is 0.497 e. The Kier molecular flexibility index (Phi) is 6.56. The summed E-state index contributed by atoms with van der Waals surface area (Å²) in [6.07, 6.45) is 1.04. The number of nitrogens with zero attached hydrogens (tertiary/aromatic N) is 1. The number of sulfonamides is 1. The van der Waals surface area contributed by atoms with Gasteiger partial charge in [0.25, 0.3) is 0 Å². The molecule has 29 heavy (non-hydrogen) atoms. The molecule has 2 aromatic carbocycles. The fourth-order valence-electron chi connectivity index (χ4n) is 3.60. The summed E-state index contributed by atoms with van der Waals surface area (Å²) in [4.78, 5) is 11.9. The standard InChI is InChI=1S/C21H25NO6S/c1-22(20(21(23)24)17-11-13-28-14-12-17)29(25,26)19-9-5-16(6-10-19)15-3-7-18(27-2)8-4-15/h3-10,17,20H,11-14H2,1-2H3,(H,23,24). The lowest BCUT2D eigenvalue weighted by Gasteiger charge is -2.33. The van der Waals surface area contributed by atoms with Crippen LogP contribution in [0, 0.1) is 5.92 Å². The highest BCUT2D eigenvalue weighted by Crippen LogP contribution is 2.28. The molecule has 0 saturated carbocycles. The maximum atomic E-state index is 13.1. The van der Waals surface area contributed by atoms with Gasteiger partial charge in [0.05, 0.1) is 12.0 Å². The number of hydrogen-bond donors (Lipinski definition) is 1. The molecule has 0 aliphatic carbocycles. The molecule has 0 spiro atoms. The topological polar surface area (TPSA) is 93.1 Å². The Labute approximate surface area is 170 Å². The number of methoxy groups -OCH3 is 1. The Morgan fingerprint density at radius 1 is 1.07 bits per heavy atom. The van der Waals surface area contributed by atoms with Gasteiger partial charge in [-0.1, -0.05) is 24.3 Å². The normalized spacial score (nSPS) is 16.5. The van der Waals surface area contributed by atoms with E-state index in [2.05, 4.69) is 0 Å². The fourth-order valence-corrected chi connectivity index (χ4v) is 4.98. The minimum Gasteiger partial charge on any atom is -0.497 e. The molecule has 2 aromatic rings. The highest BCUT2D eigenvalue weighted by Gasteiger charge is 2.39. The first kappa shape index (κ1) is 21.3. The average molecular weight is 419 g/mol. The SMILES string of the molecule is COc1ccc(-c2ccc(S(=O)(=O)N(C)C(C(=O)O)C3CCOCC3)cc2)cc1. The van der Waals surface area contributed by atoms with Gasteiger partial charge in [-0.15, -0.1) is 0 Å². The lowest BCUT2D eigenvalue weighted by atomic mass is 9.92. The van der Waals surface area contributed by atoms with E-state index in [0.29, 0.717) is 26.1 Å². The third-order valence-corrected chi connectivity index (χ3v) is 7.17. The number of likely N-dealkylation sites (N-methyl/N-ethyl adjacent to an activating group) is 1. The highest BCUT2D eigenvalue weighted by molar-refractivity contribution is 7.89. The molecular weight excluding hydrogens is 394 g/mol. The molecule has 3 rings (SSSR count). The van der Waals surface area contributed by atoms with Gasteiger partial charge in [-0.2, -0.15) is 4.31 Å². The van der Waals surface area contributed by atoms with E-state index in [9.17, 15) is 18.3 Å². The number of carboxylic acid groups (broad SMARTS) is 1. The highest BCUT2D eigenvalue weighted by atomic mass is 32.2. The van der Waals surface area contributed by atoms with Gasteiger partial charge in [-0.05, 0) is 54.2 Å². The average Bonchev–Trinajstić information content (AvgIpc) is 2.74. The molecule has 0 bridgehead atoms. The molecule has 1 saturated heterocycles. The zero-order valence-electron chi connectivity index (χ0n) is 16.4. The third kappa shape index (κ3) is 4.60. The number of carbonyl (C=O) groups is 1. The number of aliphatic carboxylic acids is 1. The van der Waals surface area contributed by atoms with Crippen LogP contribution in [0.1, 0.15) is 12.8 Å². The Balaban J connectivity index is 1.84. The van der Waals surface area contributed by atoms with Gasteiger partial charge < -0.3 is 14.6 Å². The first-order chi connectivity index (χ1) is 13.8. The van der Waals surface area contributed by atoms with Crippen LogP contribution in [0.25, 0.3) is 11.1 Å². The van der Waals surface area contributed by atoms with E-state index in [4.69, 9.17) is 9.47 Å². The van der Waals surface area contributed by atoms with E-state index in [1.54, 1.807) is 19.2 Å². The molecule has 7 nitrogen and oxygen atoms in total. The Hall–Kier alpha value is -2.42. The maximum absolute atomic E-state index is 13.1. The summed E-state index contributed by atoms with van der Waals surface area (Å²) in [5.41, 5.74) is 1.78. The number of carboxylic acids is 1. The van der Waals surface area contributed by atoms with Gasteiger partial charge in [-0.3, -0.25) is 4.79 Å². The number of benzene rings is 2. The predicted molar refractivity (Wildman–Crippen MR) is 108 cm³/mol. The van der Waals surface area contributed by atoms with Crippen molar-refractivity contribution in [3.8, 4) is 16.9 Å². The summed E-state index contributed by atoms with van der Waals surface area (Å²) < 4.78 is 37.5. The molecule has 8 heteroatoms. The van der Waals surface area contributed by atoms with E-state index < -0.39 is 22.0 Å². The van der Waals surface area contributed by atoms with Crippen molar-refractivity contribution in [3.63, 3.8) is 0 Å². The van der Waals surface area contributed by atoms with Crippen molar-refractivity contribution in [2.24, 2.45) is 5.92 Å². The summed E-state index contributed by atoms with van der Waals surface area (Å²) >= 11 is 0. The molecule has 1 unspecified atom stereocenters. The van der Waals surface area contributed by atoms with Crippen LogP contribution < -0.4 is 4.74 Å². The second kappa shape index (κ2) is 8.94. The van der Waals surface area contributed by atoms with Crippen molar-refractivity contribution in [2.75, 3.05) is 27.4 Å².